The maximum absolute atomic E-state index is 9.98. The van der Waals surface area contributed by atoms with E-state index in [1.54, 1.807) is 0 Å². The molecule has 9 heavy (non-hydrogen) atoms. The molecule has 9 heteroatoms. The van der Waals surface area contributed by atoms with E-state index >= 15 is 0 Å². The Hall–Kier alpha value is -0.130. The summed E-state index contributed by atoms with van der Waals surface area (Å²) < 4.78 is 13.4. The first-order valence-corrected chi connectivity index (χ1v) is 2.51. The van der Waals surface area contributed by atoms with Gasteiger partial charge in [-0.15, -0.1) is 0 Å². The Morgan fingerprint density at radius 1 is 1.33 bits per heavy atom. The Bertz CT molecular complexity index is 81.0. The van der Waals surface area contributed by atoms with Crippen LogP contribution in [0.25, 0.3) is 0 Å². The predicted octanol–water partition coefficient (Wildman–Crippen LogP) is -1.09. The van der Waals surface area contributed by atoms with Crippen molar-refractivity contribution in [3.05, 3.63) is 0 Å². The number of nitrogens with one attached hydrogen (secondary N) is 1. The summed E-state index contributed by atoms with van der Waals surface area (Å²) in [6.07, 6.45) is 0. The Labute approximate surface area is 51.4 Å². The van der Waals surface area contributed by atoms with Crippen molar-refractivity contribution in [2.75, 3.05) is 0 Å². The van der Waals surface area contributed by atoms with E-state index in [0.717, 1.165) is 0 Å². The molecule has 56 valence electrons. The second kappa shape index (κ2) is 6.00. The van der Waals surface area contributed by atoms with Crippen LogP contribution in [0.4, 0.5) is 0 Å². The highest BCUT2D eigenvalue weighted by molar-refractivity contribution is 7.77. The molecule has 0 aliphatic carbocycles. The molecule has 0 heterocycles. The van der Waals surface area contributed by atoms with Crippen molar-refractivity contribution in [2.24, 2.45) is 0 Å². The molecule has 0 saturated carbocycles. The molecule has 0 aliphatic rings. The van der Waals surface area contributed by atoms with E-state index < -0.39 is 11.3 Å². The third kappa shape index (κ3) is 5.75. The fraction of sp³-hybridized carbons (Fsp3) is 0. The lowest BCUT2D eigenvalue weighted by molar-refractivity contribution is -0.507. The summed E-state index contributed by atoms with van der Waals surface area (Å²) in [6.45, 7) is 0. The SMILES string of the molecule is O=S(NOOO)OOO. The van der Waals surface area contributed by atoms with Crippen molar-refractivity contribution >= 4 is 11.3 Å². The third-order valence-corrected chi connectivity index (χ3v) is 0.620. The van der Waals surface area contributed by atoms with Gasteiger partial charge in [-0.2, -0.15) is 0 Å². The van der Waals surface area contributed by atoms with E-state index in [9.17, 15) is 4.21 Å². The summed E-state index contributed by atoms with van der Waals surface area (Å²) in [7, 11) is 0. The first-order valence-electron chi connectivity index (χ1n) is 1.44. The first kappa shape index (κ1) is 8.87. The van der Waals surface area contributed by atoms with Gasteiger partial charge < -0.3 is 0 Å². The fourth-order valence-corrected chi connectivity index (χ4v) is 0.254. The minimum Gasteiger partial charge on any atom is -0.220 e. The van der Waals surface area contributed by atoms with Gasteiger partial charge in [-0.25, -0.2) is 14.7 Å². The van der Waals surface area contributed by atoms with Gasteiger partial charge in [0.2, 0.25) is 0 Å². The Kier molecular flexibility index (Phi) is 5.91. The molecule has 8 nitrogen and oxygen atoms in total. The third-order valence-electron chi connectivity index (χ3n) is 0.232. The molecule has 0 saturated heterocycles. The zero-order valence-electron chi connectivity index (χ0n) is 3.84. The van der Waals surface area contributed by atoms with Crippen molar-refractivity contribution in [3.63, 3.8) is 0 Å². The molecule has 0 fully saturated rings. The standard InChI is InChI=1S/H3NO7S/c2-6-5-1-9(4)8-7-3/h1-3H. The Morgan fingerprint density at radius 3 is 2.44 bits per heavy atom. The summed E-state index contributed by atoms with van der Waals surface area (Å²) in [5.41, 5.74) is 0. The van der Waals surface area contributed by atoms with Gasteiger partial charge in [0.15, 0.2) is 0 Å². The van der Waals surface area contributed by atoms with E-state index in [1.165, 1.54) is 4.89 Å². The summed E-state index contributed by atoms with van der Waals surface area (Å²) in [6, 6.07) is 0. The molecule has 1 unspecified atom stereocenters. The zero-order valence-corrected chi connectivity index (χ0v) is 4.66. The molecule has 0 rings (SSSR count). The quantitative estimate of drug-likeness (QED) is 0.347. The lowest BCUT2D eigenvalue weighted by atomic mass is 13.5. The van der Waals surface area contributed by atoms with Crippen LogP contribution < -0.4 is 4.89 Å². The molecule has 0 aliphatic heterocycles. The van der Waals surface area contributed by atoms with Crippen LogP contribution in [0, 0.1) is 0 Å². The molecule has 0 aromatic carbocycles. The highest BCUT2D eigenvalue weighted by Crippen LogP contribution is 1.78. The van der Waals surface area contributed by atoms with Gasteiger partial charge in [0.25, 0.3) is 11.3 Å². The molecule has 1 atom stereocenters. The summed E-state index contributed by atoms with van der Waals surface area (Å²) in [4.78, 5) is 4.86. The largest absolute Gasteiger partial charge is 0.293 e. The highest BCUT2D eigenvalue weighted by Gasteiger charge is 1.98. The van der Waals surface area contributed by atoms with Crippen LogP contribution in [0.15, 0.2) is 0 Å². The topological polar surface area (TPSA) is 106 Å². The van der Waals surface area contributed by atoms with Gasteiger partial charge in [0, 0.05) is 0 Å². The number of hydrogen-bond acceptors (Lipinski definition) is 7. The second-order valence-electron chi connectivity index (χ2n) is 0.618. The number of rotatable bonds is 5. The summed E-state index contributed by atoms with van der Waals surface area (Å²) in [5, 5.41) is 20.7. The van der Waals surface area contributed by atoms with Crippen molar-refractivity contribution < 1.29 is 34.1 Å². The van der Waals surface area contributed by atoms with Crippen molar-refractivity contribution in [1.82, 2.24) is 4.89 Å². The minimum atomic E-state index is -2.25. The van der Waals surface area contributed by atoms with Crippen LogP contribution in [0.1, 0.15) is 0 Å². The maximum atomic E-state index is 9.98. The first-order chi connectivity index (χ1) is 4.31. The monoisotopic (exact) mass is 161 g/mol. The average Bonchev–Trinajstić information content (AvgIpc) is 1.85. The van der Waals surface area contributed by atoms with Crippen LogP contribution in [0.2, 0.25) is 0 Å². The van der Waals surface area contributed by atoms with E-state index in [1.807, 2.05) is 0 Å². The van der Waals surface area contributed by atoms with E-state index in [4.69, 9.17) is 10.5 Å². The molecule has 0 radical (unpaired) electrons. The fourth-order valence-electron chi connectivity index (χ4n) is 0.0845. The van der Waals surface area contributed by atoms with Gasteiger partial charge in [0.1, 0.15) is 0 Å². The lowest BCUT2D eigenvalue weighted by Gasteiger charge is -1.94. The zero-order chi connectivity index (χ0) is 7.11. The van der Waals surface area contributed by atoms with Crippen LogP contribution >= 0.6 is 0 Å². The smallest absolute Gasteiger partial charge is 0.220 e. The molecule has 0 bridgehead atoms. The van der Waals surface area contributed by atoms with E-state index in [0.29, 0.717) is 0 Å². The van der Waals surface area contributed by atoms with Gasteiger partial charge in [0.05, 0.1) is 0 Å². The van der Waals surface area contributed by atoms with Crippen LogP contribution in [-0.4, -0.2) is 14.7 Å². The van der Waals surface area contributed by atoms with Crippen molar-refractivity contribution in [1.29, 1.82) is 0 Å². The molecule has 0 aromatic rings. The van der Waals surface area contributed by atoms with Crippen LogP contribution in [-0.2, 0) is 30.7 Å². The molecular weight excluding hydrogens is 158 g/mol. The predicted molar refractivity (Wildman–Crippen MR) is 20.9 cm³/mol. The Morgan fingerprint density at radius 2 is 2.00 bits per heavy atom. The van der Waals surface area contributed by atoms with Gasteiger partial charge in [-0.1, -0.05) is 24.3 Å². The van der Waals surface area contributed by atoms with Crippen molar-refractivity contribution in [2.45, 2.75) is 0 Å². The maximum Gasteiger partial charge on any atom is 0.293 e. The molecule has 0 amide bonds. The average molecular weight is 161 g/mol. The molecule has 3 N–H and O–H groups in total. The minimum absolute atomic E-state index is 1.43. The van der Waals surface area contributed by atoms with Crippen LogP contribution in [0.3, 0.4) is 0 Å². The highest BCUT2D eigenvalue weighted by atomic mass is 32.2. The van der Waals surface area contributed by atoms with Gasteiger partial charge >= 0.3 is 0 Å². The molecule has 0 aromatic heterocycles. The summed E-state index contributed by atoms with van der Waals surface area (Å²) in [5.74, 6) is 0. The van der Waals surface area contributed by atoms with E-state index in [-0.39, 0.29) is 0 Å². The molecule has 0 spiro atoms. The number of hydrogen-bond donors (Lipinski definition) is 3. The van der Waals surface area contributed by atoms with Crippen molar-refractivity contribution in [3.8, 4) is 0 Å². The second-order valence-corrected chi connectivity index (χ2v) is 1.39. The van der Waals surface area contributed by atoms with Gasteiger partial charge in [-0.05, 0) is 0 Å². The van der Waals surface area contributed by atoms with Gasteiger partial charge in [-0.3, -0.25) is 0 Å². The summed E-state index contributed by atoms with van der Waals surface area (Å²) >= 11 is -2.25. The Balaban J connectivity index is 3.06. The molecular formula is H3NO7S. The lowest BCUT2D eigenvalue weighted by Crippen LogP contribution is -2.19. The van der Waals surface area contributed by atoms with E-state index in [2.05, 4.69) is 19.4 Å². The van der Waals surface area contributed by atoms with Crippen LogP contribution in [0.5, 0.6) is 0 Å². The normalized spacial score (nSPS) is 13.6.